The molecule has 0 saturated carbocycles. The summed E-state index contributed by atoms with van der Waals surface area (Å²) < 4.78 is 23.2. The molecule has 3 heterocycles. The quantitative estimate of drug-likeness (QED) is 0.505. The van der Waals surface area contributed by atoms with Gasteiger partial charge in [-0.3, -0.25) is 4.98 Å². The predicted molar refractivity (Wildman–Crippen MR) is 117 cm³/mol. The highest BCUT2D eigenvalue weighted by Gasteiger charge is 2.22. The van der Waals surface area contributed by atoms with Gasteiger partial charge in [-0.05, 0) is 48.7 Å². The summed E-state index contributed by atoms with van der Waals surface area (Å²) in [5.41, 5.74) is 4.76. The fourth-order valence-electron chi connectivity index (χ4n) is 3.48. The molecule has 1 aliphatic rings. The van der Waals surface area contributed by atoms with E-state index in [4.69, 9.17) is 10.1 Å². The highest BCUT2D eigenvalue weighted by atomic mass is 32.2. The second kappa shape index (κ2) is 7.28. The second-order valence-electron chi connectivity index (χ2n) is 6.95. The number of hydrogen-bond donors (Lipinski definition) is 2. The molecule has 4 aromatic rings. The van der Waals surface area contributed by atoms with Crippen LogP contribution in [-0.4, -0.2) is 23.4 Å². The molecular formula is C21H17N5O2S2. The van der Waals surface area contributed by atoms with Gasteiger partial charge in [-0.25, -0.2) is 23.5 Å². The lowest BCUT2D eigenvalue weighted by Gasteiger charge is -2.16. The van der Waals surface area contributed by atoms with Gasteiger partial charge >= 0.3 is 0 Å². The first-order valence-electron chi connectivity index (χ1n) is 9.27. The first-order valence-corrected chi connectivity index (χ1v) is 11.6. The number of pyridine rings is 1. The van der Waals surface area contributed by atoms with Gasteiger partial charge in [0.2, 0.25) is 16.0 Å². The second-order valence-corrected chi connectivity index (χ2v) is 9.65. The number of aromatic nitrogens is 3. The van der Waals surface area contributed by atoms with Gasteiger partial charge in [-0.15, -0.1) is 11.3 Å². The summed E-state index contributed by atoms with van der Waals surface area (Å²) in [5, 5.41) is 8.31. The van der Waals surface area contributed by atoms with Gasteiger partial charge in [0.15, 0.2) is 0 Å². The van der Waals surface area contributed by atoms with Crippen LogP contribution in [0.25, 0.3) is 21.7 Å². The van der Waals surface area contributed by atoms with Crippen LogP contribution in [0, 0.1) is 0 Å². The third-order valence-corrected chi connectivity index (χ3v) is 7.07. The highest BCUT2D eigenvalue weighted by molar-refractivity contribution is 7.89. The van der Waals surface area contributed by atoms with Crippen LogP contribution in [0.15, 0.2) is 66.0 Å². The maximum absolute atomic E-state index is 11.6. The Morgan fingerprint density at radius 2 is 1.97 bits per heavy atom. The average molecular weight is 436 g/mol. The van der Waals surface area contributed by atoms with E-state index in [0.717, 1.165) is 40.1 Å². The van der Waals surface area contributed by atoms with Gasteiger partial charge < -0.3 is 5.32 Å². The molecule has 0 saturated heterocycles. The maximum atomic E-state index is 11.6. The molecule has 0 spiro atoms. The highest BCUT2D eigenvalue weighted by Crippen LogP contribution is 2.41. The minimum absolute atomic E-state index is 0.0340. The van der Waals surface area contributed by atoms with E-state index in [0.29, 0.717) is 11.6 Å². The number of sulfonamides is 1. The molecule has 9 heteroatoms. The molecule has 7 nitrogen and oxygen atoms in total. The van der Waals surface area contributed by atoms with Crippen LogP contribution < -0.4 is 10.5 Å². The fourth-order valence-corrected chi connectivity index (χ4v) is 5.19. The first kappa shape index (κ1) is 18.9. The summed E-state index contributed by atoms with van der Waals surface area (Å²) in [6, 6.07) is 12.4. The number of nitrogens with two attached hydrogens (primary N) is 1. The lowest BCUT2D eigenvalue weighted by atomic mass is 9.96. The third kappa shape index (κ3) is 3.58. The minimum atomic E-state index is -3.78. The van der Waals surface area contributed by atoms with Crippen molar-refractivity contribution in [3.8, 4) is 21.7 Å². The predicted octanol–water partition coefficient (Wildman–Crippen LogP) is 3.76. The van der Waals surface area contributed by atoms with Crippen molar-refractivity contribution in [1.29, 1.82) is 0 Å². The Balaban J connectivity index is 1.50. The molecule has 0 radical (unpaired) electrons. The number of hydrogen-bond acceptors (Lipinski definition) is 7. The van der Waals surface area contributed by atoms with Crippen LogP contribution in [0.1, 0.15) is 10.4 Å². The Labute approximate surface area is 177 Å². The van der Waals surface area contributed by atoms with Crippen LogP contribution in [0.5, 0.6) is 0 Å². The Hall–Kier alpha value is -3.14. The lowest BCUT2D eigenvalue weighted by molar-refractivity contribution is 0.598. The summed E-state index contributed by atoms with van der Waals surface area (Å²) in [7, 11) is -3.78. The zero-order valence-electron chi connectivity index (χ0n) is 15.7. The van der Waals surface area contributed by atoms with E-state index in [9.17, 15) is 8.42 Å². The Morgan fingerprint density at radius 1 is 1.07 bits per heavy atom. The molecule has 1 aromatic carbocycles. The molecule has 5 rings (SSSR count). The number of benzene rings is 1. The molecule has 0 aliphatic heterocycles. The molecule has 0 atom stereocenters. The van der Waals surface area contributed by atoms with E-state index in [1.54, 1.807) is 29.7 Å². The number of nitrogens with one attached hydrogen (secondary N) is 1. The first-order chi connectivity index (χ1) is 14.5. The molecule has 150 valence electrons. The summed E-state index contributed by atoms with van der Waals surface area (Å²) in [4.78, 5) is 15.9. The molecule has 30 heavy (non-hydrogen) atoms. The van der Waals surface area contributed by atoms with Crippen LogP contribution in [0.3, 0.4) is 0 Å². The van der Waals surface area contributed by atoms with E-state index in [-0.39, 0.29) is 4.90 Å². The van der Waals surface area contributed by atoms with Crippen LogP contribution >= 0.6 is 11.3 Å². The van der Waals surface area contributed by atoms with Crippen molar-refractivity contribution in [1.82, 2.24) is 15.0 Å². The molecule has 0 fully saturated rings. The summed E-state index contributed by atoms with van der Waals surface area (Å²) in [6.45, 7) is 0. The number of thiophene rings is 1. The Kier molecular flexibility index (Phi) is 4.58. The number of fused-ring (bicyclic) bond motifs is 3. The maximum Gasteiger partial charge on any atom is 0.238 e. The largest absolute Gasteiger partial charge is 0.324 e. The van der Waals surface area contributed by atoms with E-state index in [2.05, 4.69) is 27.4 Å². The van der Waals surface area contributed by atoms with Gasteiger partial charge in [0.05, 0.1) is 10.6 Å². The van der Waals surface area contributed by atoms with Gasteiger partial charge in [0.1, 0.15) is 0 Å². The van der Waals surface area contributed by atoms with Crippen LogP contribution in [-0.2, 0) is 22.9 Å². The number of anilines is 2. The van der Waals surface area contributed by atoms with Crippen molar-refractivity contribution in [2.45, 2.75) is 17.7 Å². The van der Waals surface area contributed by atoms with Gasteiger partial charge in [-0.2, -0.15) is 0 Å². The molecule has 3 N–H and O–H groups in total. The normalized spacial score (nSPS) is 12.8. The van der Waals surface area contributed by atoms with Crippen molar-refractivity contribution in [2.75, 3.05) is 5.32 Å². The summed E-state index contributed by atoms with van der Waals surface area (Å²) in [6.07, 6.45) is 7.31. The molecule has 1 aliphatic carbocycles. The molecule has 0 unspecified atom stereocenters. The zero-order chi connectivity index (χ0) is 20.7. The topological polar surface area (TPSA) is 111 Å². The van der Waals surface area contributed by atoms with E-state index in [1.165, 1.54) is 17.0 Å². The van der Waals surface area contributed by atoms with Crippen molar-refractivity contribution in [3.05, 3.63) is 71.5 Å². The molecule has 0 amide bonds. The monoisotopic (exact) mass is 435 g/mol. The Morgan fingerprint density at radius 3 is 2.77 bits per heavy atom. The van der Waals surface area contributed by atoms with Crippen molar-refractivity contribution in [2.24, 2.45) is 5.14 Å². The Bertz CT molecular complexity index is 1350. The average Bonchev–Trinajstić information content (AvgIpc) is 3.19. The van der Waals surface area contributed by atoms with Crippen molar-refractivity contribution < 1.29 is 8.42 Å². The van der Waals surface area contributed by atoms with Crippen molar-refractivity contribution >= 4 is 33.0 Å². The number of rotatable bonds is 4. The van der Waals surface area contributed by atoms with Crippen LogP contribution in [0.4, 0.5) is 11.6 Å². The minimum Gasteiger partial charge on any atom is -0.324 e. The SMILES string of the molecule is NS(=O)(=O)c1cccc(Nc2ncc3c(n2)-c2cc(-c4cccnc4)sc2CC3)c1. The fraction of sp³-hybridized carbons (Fsp3) is 0.0952. The van der Waals surface area contributed by atoms with E-state index >= 15 is 0 Å². The van der Waals surface area contributed by atoms with Crippen LogP contribution in [0.2, 0.25) is 0 Å². The number of nitrogens with zero attached hydrogens (tertiary/aromatic N) is 3. The van der Waals surface area contributed by atoms with Gasteiger partial charge in [0, 0.05) is 45.2 Å². The van der Waals surface area contributed by atoms with Crippen molar-refractivity contribution in [3.63, 3.8) is 0 Å². The molecule has 0 bridgehead atoms. The number of primary sulfonamides is 1. The summed E-state index contributed by atoms with van der Waals surface area (Å²) in [5.74, 6) is 0.405. The van der Waals surface area contributed by atoms with Gasteiger partial charge in [0.25, 0.3) is 0 Å². The zero-order valence-corrected chi connectivity index (χ0v) is 17.4. The third-order valence-electron chi connectivity index (χ3n) is 4.91. The standard InChI is InChI=1S/C21H17N5O2S2/c22-30(27,28)16-5-1-4-15(9-16)25-21-24-12-14-6-7-18-17(20(14)26-21)10-19(29-18)13-3-2-8-23-11-13/h1-5,8-12H,6-7H2,(H2,22,27,28)(H,24,25,26). The number of aryl methyl sites for hydroxylation is 2. The van der Waals surface area contributed by atoms with E-state index in [1.807, 2.05) is 18.5 Å². The molecule has 3 aromatic heterocycles. The summed E-state index contributed by atoms with van der Waals surface area (Å²) >= 11 is 1.77. The smallest absolute Gasteiger partial charge is 0.238 e. The lowest BCUT2D eigenvalue weighted by Crippen LogP contribution is -2.12. The van der Waals surface area contributed by atoms with Gasteiger partial charge in [-0.1, -0.05) is 12.1 Å². The molecular weight excluding hydrogens is 418 g/mol. The van der Waals surface area contributed by atoms with E-state index < -0.39 is 10.0 Å².